The molecule has 0 amide bonds. The molecule has 0 saturated heterocycles. The standard InChI is InChI=1S/C8H10N4/c1-5-4-9-8-6(2)10-7(3)11-12(5)8/h4H,1-3H3. The van der Waals surface area contributed by atoms with Crippen LogP contribution in [0.2, 0.25) is 0 Å². The van der Waals surface area contributed by atoms with Crippen LogP contribution in [0.5, 0.6) is 0 Å². The Morgan fingerprint density at radius 1 is 1.25 bits per heavy atom. The van der Waals surface area contributed by atoms with Gasteiger partial charge in [-0.3, -0.25) is 0 Å². The lowest BCUT2D eigenvalue weighted by Gasteiger charge is -1.98. The van der Waals surface area contributed by atoms with Crippen molar-refractivity contribution < 1.29 is 0 Å². The molecule has 0 aliphatic heterocycles. The summed E-state index contributed by atoms with van der Waals surface area (Å²) < 4.78 is 1.82. The Morgan fingerprint density at radius 3 is 2.75 bits per heavy atom. The van der Waals surface area contributed by atoms with Crippen molar-refractivity contribution in [3.05, 3.63) is 23.4 Å². The molecule has 0 aliphatic carbocycles. The lowest BCUT2D eigenvalue weighted by molar-refractivity contribution is 0.816. The van der Waals surface area contributed by atoms with Gasteiger partial charge in [0.05, 0.1) is 17.6 Å². The monoisotopic (exact) mass is 162 g/mol. The van der Waals surface area contributed by atoms with Crippen molar-refractivity contribution in [3.8, 4) is 0 Å². The van der Waals surface area contributed by atoms with E-state index < -0.39 is 0 Å². The summed E-state index contributed by atoms with van der Waals surface area (Å²) >= 11 is 0. The normalized spacial score (nSPS) is 10.9. The molecule has 0 bridgehead atoms. The number of imidazole rings is 1. The minimum Gasteiger partial charge on any atom is -0.234 e. The summed E-state index contributed by atoms with van der Waals surface area (Å²) in [7, 11) is 0. The maximum absolute atomic E-state index is 4.24. The smallest absolute Gasteiger partial charge is 0.175 e. The summed E-state index contributed by atoms with van der Waals surface area (Å²) in [5.74, 6) is 0.779. The van der Waals surface area contributed by atoms with Crippen LogP contribution in [0.3, 0.4) is 0 Å². The highest BCUT2D eigenvalue weighted by atomic mass is 15.3. The molecule has 0 saturated carbocycles. The van der Waals surface area contributed by atoms with Crippen molar-refractivity contribution in [2.24, 2.45) is 0 Å². The van der Waals surface area contributed by atoms with Gasteiger partial charge in [-0.05, 0) is 20.8 Å². The van der Waals surface area contributed by atoms with Crippen LogP contribution in [0, 0.1) is 20.8 Å². The van der Waals surface area contributed by atoms with Crippen molar-refractivity contribution in [1.82, 2.24) is 19.6 Å². The Balaban J connectivity index is 2.92. The molecular weight excluding hydrogens is 152 g/mol. The maximum Gasteiger partial charge on any atom is 0.175 e. The average molecular weight is 162 g/mol. The van der Waals surface area contributed by atoms with Crippen LogP contribution < -0.4 is 0 Å². The number of nitrogens with zero attached hydrogens (tertiary/aromatic N) is 4. The van der Waals surface area contributed by atoms with Gasteiger partial charge in [-0.25, -0.2) is 14.5 Å². The fraction of sp³-hybridized carbons (Fsp3) is 0.375. The van der Waals surface area contributed by atoms with E-state index in [-0.39, 0.29) is 0 Å². The topological polar surface area (TPSA) is 43.1 Å². The Kier molecular flexibility index (Phi) is 1.36. The summed E-state index contributed by atoms with van der Waals surface area (Å²) in [6.07, 6.45) is 1.80. The van der Waals surface area contributed by atoms with Crippen molar-refractivity contribution in [2.75, 3.05) is 0 Å². The van der Waals surface area contributed by atoms with Gasteiger partial charge >= 0.3 is 0 Å². The minimum atomic E-state index is 0.779. The maximum atomic E-state index is 4.24. The molecule has 62 valence electrons. The molecule has 0 N–H and O–H groups in total. The quantitative estimate of drug-likeness (QED) is 0.581. The van der Waals surface area contributed by atoms with Crippen LogP contribution in [-0.4, -0.2) is 19.6 Å². The Hall–Kier alpha value is -1.45. The van der Waals surface area contributed by atoms with E-state index in [4.69, 9.17) is 0 Å². The number of rotatable bonds is 0. The van der Waals surface area contributed by atoms with Crippen LogP contribution in [0.4, 0.5) is 0 Å². The summed E-state index contributed by atoms with van der Waals surface area (Å²) in [4.78, 5) is 8.42. The summed E-state index contributed by atoms with van der Waals surface area (Å²) in [5.41, 5.74) is 2.81. The average Bonchev–Trinajstić information content (AvgIpc) is 2.33. The Morgan fingerprint density at radius 2 is 2.00 bits per heavy atom. The highest BCUT2D eigenvalue weighted by molar-refractivity contribution is 5.42. The van der Waals surface area contributed by atoms with Crippen LogP contribution in [0.15, 0.2) is 6.20 Å². The second-order valence-corrected chi connectivity index (χ2v) is 2.88. The highest BCUT2D eigenvalue weighted by Crippen LogP contribution is 2.06. The number of aromatic nitrogens is 4. The van der Waals surface area contributed by atoms with Gasteiger partial charge in [0.15, 0.2) is 5.65 Å². The first-order valence-corrected chi connectivity index (χ1v) is 3.84. The van der Waals surface area contributed by atoms with E-state index in [0.717, 1.165) is 22.9 Å². The fourth-order valence-electron chi connectivity index (χ4n) is 1.26. The molecule has 0 unspecified atom stereocenters. The highest BCUT2D eigenvalue weighted by Gasteiger charge is 2.04. The van der Waals surface area contributed by atoms with Gasteiger partial charge in [-0.15, -0.1) is 0 Å². The first-order valence-electron chi connectivity index (χ1n) is 3.84. The molecule has 12 heavy (non-hydrogen) atoms. The molecule has 0 fully saturated rings. The lowest BCUT2D eigenvalue weighted by atomic mass is 10.5. The van der Waals surface area contributed by atoms with Gasteiger partial charge in [0.25, 0.3) is 0 Å². The zero-order valence-electron chi connectivity index (χ0n) is 7.37. The van der Waals surface area contributed by atoms with E-state index >= 15 is 0 Å². The van der Waals surface area contributed by atoms with E-state index in [1.54, 1.807) is 6.20 Å². The number of aryl methyl sites for hydroxylation is 3. The first-order chi connectivity index (χ1) is 5.68. The molecular formula is C8H10N4. The third kappa shape index (κ3) is 0.879. The molecule has 4 nitrogen and oxygen atoms in total. The van der Waals surface area contributed by atoms with Crippen molar-refractivity contribution >= 4 is 5.65 Å². The molecule has 0 aliphatic rings. The van der Waals surface area contributed by atoms with Crippen molar-refractivity contribution in [3.63, 3.8) is 0 Å². The van der Waals surface area contributed by atoms with Gasteiger partial charge in [0, 0.05) is 0 Å². The molecule has 0 spiro atoms. The van der Waals surface area contributed by atoms with Gasteiger partial charge in [-0.2, -0.15) is 5.10 Å². The molecule has 4 heteroatoms. The zero-order valence-corrected chi connectivity index (χ0v) is 7.37. The molecule has 2 aromatic rings. The molecule has 2 rings (SSSR count). The van der Waals surface area contributed by atoms with Gasteiger partial charge in [-0.1, -0.05) is 0 Å². The number of hydrogen-bond acceptors (Lipinski definition) is 3. The largest absolute Gasteiger partial charge is 0.234 e. The first kappa shape index (κ1) is 7.21. The Labute approximate surface area is 70.3 Å². The second kappa shape index (κ2) is 2.27. The van der Waals surface area contributed by atoms with Crippen LogP contribution in [-0.2, 0) is 0 Å². The van der Waals surface area contributed by atoms with Gasteiger partial charge in [0.1, 0.15) is 5.82 Å². The zero-order chi connectivity index (χ0) is 8.72. The van der Waals surface area contributed by atoms with E-state index in [1.807, 2.05) is 25.3 Å². The minimum absolute atomic E-state index is 0.779. The third-order valence-electron chi connectivity index (χ3n) is 1.81. The van der Waals surface area contributed by atoms with Crippen LogP contribution in [0.1, 0.15) is 17.2 Å². The summed E-state index contributed by atoms with van der Waals surface area (Å²) in [6, 6.07) is 0. The van der Waals surface area contributed by atoms with E-state index in [1.165, 1.54) is 0 Å². The number of fused-ring (bicyclic) bond motifs is 1. The molecule has 2 aromatic heterocycles. The van der Waals surface area contributed by atoms with E-state index in [9.17, 15) is 0 Å². The van der Waals surface area contributed by atoms with Gasteiger partial charge < -0.3 is 0 Å². The second-order valence-electron chi connectivity index (χ2n) is 2.88. The Bertz CT molecular complexity index is 430. The predicted octanol–water partition coefficient (Wildman–Crippen LogP) is 1.05. The molecule has 0 radical (unpaired) electrons. The molecule has 2 heterocycles. The third-order valence-corrected chi connectivity index (χ3v) is 1.81. The predicted molar refractivity (Wildman–Crippen MR) is 45.0 cm³/mol. The van der Waals surface area contributed by atoms with E-state index in [2.05, 4.69) is 15.1 Å². The van der Waals surface area contributed by atoms with Crippen molar-refractivity contribution in [1.29, 1.82) is 0 Å². The van der Waals surface area contributed by atoms with E-state index in [0.29, 0.717) is 0 Å². The summed E-state index contributed by atoms with van der Waals surface area (Å²) in [5, 5.41) is 4.24. The molecule has 0 atom stereocenters. The van der Waals surface area contributed by atoms with Gasteiger partial charge in [0.2, 0.25) is 0 Å². The molecule has 0 aromatic carbocycles. The summed E-state index contributed by atoms with van der Waals surface area (Å²) in [6.45, 7) is 5.80. The SMILES string of the molecule is Cc1nc(C)c2ncc(C)n2n1. The number of hydrogen-bond donors (Lipinski definition) is 0. The van der Waals surface area contributed by atoms with Crippen LogP contribution >= 0.6 is 0 Å². The van der Waals surface area contributed by atoms with Crippen LogP contribution in [0.25, 0.3) is 5.65 Å². The fourth-order valence-corrected chi connectivity index (χ4v) is 1.26. The van der Waals surface area contributed by atoms with Crippen molar-refractivity contribution in [2.45, 2.75) is 20.8 Å². The lowest BCUT2D eigenvalue weighted by Crippen LogP contribution is -2.01.